The van der Waals surface area contributed by atoms with Gasteiger partial charge in [0.05, 0.1) is 19.1 Å². The normalized spacial score (nSPS) is 11.0. The van der Waals surface area contributed by atoms with Crippen molar-refractivity contribution in [3.05, 3.63) is 71.1 Å². The SMILES string of the molecule is COc1ccc(C(=O)c2cc3cc4ccccc4cc3s2)cc1OC. The Hall–Kier alpha value is -2.85. The number of thiophene rings is 1. The van der Waals surface area contributed by atoms with E-state index < -0.39 is 0 Å². The number of methoxy groups -OCH3 is 2. The van der Waals surface area contributed by atoms with Crippen LogP contribution in [0.4, 0.5) is 0 Å². The van der Waals surface area contributed by atoms with Crippen molar-refractivity contribution < 1.29 is 14.3 Å². The maximum absolute atomic E-state index is 12.9. The van der Waals surface area contributed by atoms with Crippen molar-refractivity contribution in [2.24, 2.45) is 0 Å². The predicted octanol–water partition coefficient (Wildman–Crippen LogP) is 5.30. The standard InChI is InChI=1S/C21H16O3S/c1-23-17-8-7-15(10-18(17)24-2)21(22)20-12-16-9-13-5-3-4-6-14(13)11-19(16)25-20/h3-12H,1-2H3. The first kappa shape index (κ1) is 15.7. The Kier molecular flexibility index (Phi) is 3.90. The summed E-state index contributed by atoms with van der Waals surface area (Å²) in [7, 11) is 3.15. The first-order chi connectivity index (χ1) is 12.2. The molecule has 0 amide bonds. The molecular formula is C21H16O3S. The number of ketones is 1. The van der Waals surface area contributed by atoms with Crippen LogP contribution in [0.3, 0.4) is 0 Å². The molecule has 0 saturated carbocycles. The van der Waals surface area contributed by atoms with E-state index in [-0.39, 0.29) is 5.78 Å². The zero-order valence-corrected chi connectivity index (χ0v) is 14.7. The van der Waals surface area contributed by atoms with Crippen LogP contribution < -0.4 is 9.47 Å². The maximum Gasteiger partial charge on any atom is 0.203 e. The maximum atomic E-state index is 12.9. The first-order valence-corrected chi connectivity index (χ1v) is 8.70. The topological polar surface area (TPSA) is 35.5 Å². The quantitative estimate of drug-likeness (QED) is 0.469. The lowest BCUT2D eigenvalue weighted by atomic mass is 10.1. The molecule has 4 aromatic rings. The molecule has 3 nitrogen and oxygen atoms in total. The molecule has 0 atom stereocenters. The van der Waals surface area contributed by atoms with E-state index in [1.54, 1.807) is 32.4 Å². The molecule has 0 radical (unpaired) electrons. The van der Waals surface area contributed by atoms with E-state index >= 15 is 0 Å². The lowest BCUT2D eigenvalue weighted by Crippen LogP contribution is -2.00. The fraction of sp³-hybridized carbons (Fsp3) is 0.0952. The highest BCUT2D eigenvalue weighted by Gasteiger charge is 2.15. The number of hydrogen-bond acceptors (Lipinski definition) is 4. The van der Waals surface area contributed by atoms with Gasteiger partial charge >= 0.3 is 0 Å². The van der Waals surface area contributed by atoms with Crippen LogP contribution in [0.2, 0.25) is 0 Å². The van der Waals surface area contributed by atoms with E-state index in [4.69, 9.17) is 9.47 Å². The monoisotopic (exact) mass is 348 g/mol. The molecule has 124 valence electrons. The van der Waals surface area contributed by atoms with Crippen molar-refractivity contribution in [1.29, 1.82) is 0 Å². The predicted molar refractivity (Wildman–Crippen MR) is 102 cm³/mol. The van der Waals surface area contributed by atoms with Gasteiger partial charge in [-0.2, -0.15) is 0 Å². The summed E-state index contributed by atoms with van der Waals surface area (Å²) in [6.07, 6.45) is 0. The summed E-state index contributed by atoms with van der Waals surface area (Å²) in [6, 6.07) is 19.7. The molecule has 0 aliphatic carbocycles. The van der Waals surface area contributed by atoms with Gasteiger partial charge in [0.25, 0.3) is 0 Å². The summed E-state index contributed by atoms with van der Waals surface area (Å²) in [6.45, 7) is 0. The van der Waals surface area contributed by atoms with Gasteiger partial charge in [-0.1, -0.05) is 24.3 Å². The Balaban J connectivity index is 1.78. The second kappa shape index (κ2) is 6.22. The van der Waals surface area contributed by atoms with Gasteiger partial charge in [0.2, 0.25) is 5.78 Å². The van der Waals surface area contributed by atoms with Crippen molar-refractivity contribution in [2.75, 3.05) is 14.2 Å². The van der Waals surface area contributed by atoms with Crippen LogP contribution in [0, 0.1) is 0 Å². The van der Waals surface area contributed by atoms with Crippen molar-refractivity contribution in [3.8, 4) is 11.5 Å². The van der Waals surface area contributed by atoms with Gasteiger partial charge in [0, 0.05) is 10.3 Å². The Morgan fingerprint density at radius 2 is 1.52 bits per heavy atom. The third-order valence-electron chi connectivity index (χ3n) is 4.25. The average molecular weight is 348 g/mol. The second-order valence-electron chi connectivity index (χ2n) is 5.75. The van der Waals surface area contributed by atoms with E-state index in [2.05, 4.69) is 24.3 Å². The lowest BCUT2D eigenvalue weighted by Gasteiger charge is -2.08. The highest BCUT2D eigenvalue weighted by Crippen LogP contribution is 2.33. The van der Waals surface area contributed by atoms with E-state index in [9.17, 15) is 4.79 Å². The number of carbonyl (C=O) groups excluding carboxylic acids is 1. The highest BCUT2D eigenvalue weighted by molar-refractivity contribution is 7.21. The van der Waals surface area contributed by atoms with Gasteiger partial charge in [-0.25, -0.2) is 0 Å². The van der Waals surface area contributed by atoms with Crippen LogP contribution in [0.15, 0.2) is 60.7 Å². The molecule has 0 saturated heterocycles. The average Bonchev–Trinajstić information content (AvgIpc) is 3.07. The lowest BCUT2D eigenvalue weighted by molar-refractivity contribution is 0.104. The van der Waals surface area contributed by atoms with Gasteiger partial charge in [0.1, 0.15) is 0 Å². The first-order valence-electron chi connectivity index (χ1n) is 7.88. The van der Waals surface area contributed by atoms with Crippen LogP contribution in [0.1, 0.15) is 15.2 Å². The molecule has 0 bridgehead atoms. The summed E-state index contributed by atoms with van der Waals surface area (Å²) in [5.41, 5.74) is 0.591. The molecule has 1 aromatic heterocycles. The number of ether oxygens (including phenoxy) is 2. The Morgan fingerprint density at radius 1 is 0.800 bits per heavy atom. The number of hydrogen-bond donors (Lipinski definition) is 0. The third kappa shape index (κ3) is 2.75. The van der Waals surface area contributed by atoms with Crippen molar-refractivity contribution in [3.63, 3.8) is 0 Å². The molecule has 1 heterocycles. The van der Waals surface area contributed by atoms with Gasteiger partial charge in [0.15, 0.2) is 11.5 Å². The Morgan fingerprint density at radius 3 is 2.24 bits per heavy atom. The largest absolute Gasteiger partial charge is 0.493 e. The van der Waals surface area contributed by atoms with Gasteiger partial charge in [-0.05, 0) is 52.6 Å². The molecule has 0 spiro atoms. The fourth-order valence-electron chi connectivity index (χ4n) is 2.96. The van der Waals surface area contributed by atoms with Gasteiger partial charge < -0.3 is 9.47 Å². The van der Waals surface area contributed by atoms with E-state index in [0.29, 0.717) is 17.1 Å². The molecule has 0 unspecified atom stereocenters. The summed E-state index contributed by atoms with van der Waals surface area (Å²) < 4.78 is 11.6. The van der Waals surface area contributed by atoms with Crippen molar-refractivity contribution in [2.45, 2.75) is 0 Å². The minimum atomic E-state index is -0.00814. The summed E-state index contributed by atoms with van der Waals surface area (Å²) in [5.74, 6) is 1.16. The molecule has 0 aliphatic heterocycles. The Bertz CT molecular complexity index is 1040. The van der Waals surface area contributed by atoms with E-state index in [0.717, 1.165) is 15.0 Å². The summed E-state index contributed by atoms with van der Waals surface area (Å²) in [4.78, 5) is 13.6. The van der Waals surface area contributed by atoms with Crippen LogP contribution in [0.5, 0.6) is 11.5 Å². The van der Waals surface area contributed by atoms with Crippen LogP contribution in [-0.2, 0) is 0 Å². The molecule has 25 heavy (non-hydrogen) atoms. The zero-order valence-electron chi connectivity index (χ0n) is 13.9. The summed E-state index contributed by atoms with van der Waals surface area (Å²) >= 11 is 1.52. The molecule has 0 N–H and O–H groups in total. The molecule has 0 aliphatic rings. The number of rotatable bonds is 4. The fourth-order valence-corrected chi connectivity index (χ4v) is 4.01. The highest BCUT2D eigenvalue weighted by atomic mass is 32.1. The van der Waals surface area contributed by atoms with Crippen LogP contribution >= 0.6 is 11.3 Å². The van der Waals surface area contributed by atoms with Crippen LogP contribution in [-0.4, -0.2) is 20.0 Å². The molecule has 4 heteroatoms. The number of carbonyl (C=O) groups is 1. The minimum Gasteiger partial charge on any atom is -0.493 e. The summed E-state index contributed by atoms with van der Waals surface area (Å²) in [5, 5.41) is 3.45. The molecule has 4 rings (SSSR count). The zero-order chi connectivity index (χ0) is 17.4. The third-order valence-corrected chi connectivity index (χ3v) is 5.35. The van der Waals surface area contributed by atoms with Gasteiger partial charge in [-0.15, -0.1) is 11.3 Å². The molecule has 0 fully saturated rings. The molecular weight excluding hydrogens is 332 g/mol. The number of benzene rings is 3. The second-order valence-corrected chi connectivity index (χ2v) is 6.83. The van der Waals surface area contributed by atoms with Crippen molar-refractivity contribution >= 4 is 38.0 Å². The minimum absolute atomic E-state index is 0.00814. The van der Waals surface area contributed by atoms with E-state index in [1.807, 2.05) is 18.2 Å². The molecule has 3 aromatic carbocycles. The number of fused-ring (bicyclic) bond motifs is 2. The Labute approximate surface area is 149 Å². The van der Waals surface area contributed by atoms with Crippen LogP contribution in [0.25, 0.3) is 20.9 Å². The van der Waals surface area contributed by atoms with Crippen molar-refractivity contribution in [1.82, 2.24) is 0 Å². The van der Waals surface area contributed by atoms with Gasteiger partial charge in [-0.3, -0.25) is 4.79 Å². The van der Waals surface area contributed by atoms with E-state index in [1.165, 1.54) is 22.1 Å². The smallest absolute Gasteiger partial charge is 0.203 e.